The predicted octanol–water partition coefficient (Wildman–Crippen LogP) is 5.84. The summed E-state index contributed by atoms with van der Waals surface area (Å²) in [4.78, 5) is 16.8. The maximum Gasteiger partial charge on any atom is 0.263 e. The number of sulfonamides is 1. The molecule has 1 fully saturated rings. The third kappa shape index (κ3) is 6.12. The van der Waals surface area contributed by atoms with Gasteiger partial charge in [0, 0.05) is 31.2 Å². The van der Waals surface area contributed by atoms with E-state index in [4.69, 9.17) is 39.5 Å². The fourth-order valence-electron chi connectivity index (χ4n) is 3.87. The number of hydrogen-bond acceptors (Lipinski definition) is 5. The number of piperazine rings is 1. The molecular formula is C24H23Cl4N3O4S. The summed E-state index contributed by atoms with van der Waals surface area (Å²) in [7, 11) is -2.49. The van der Waals surface area contributed by atoms with E-state index < -0.39 is 10.0 Å². The number of amides is 1. The average Bonchev–Trinajstić information content (AvgIpc) is 2.83. The van der Waals surface area contributed by atoms with Crippen LogP contribution in [0, 0.1) is 0 Å². The lowest BCUT2D eigenvalue weighted by atomic mass is 10.1. The number of rotatable bonds is 6. The minimum Gasteiger partial charge on any atom is -0.495 e. The average molecular weight is 591 g/mol. The Kier molecular flexibility index (Phi) is 9.24. The number of nitrogens with one attached hydrogen (secondary N) is 1. The second-order valence-electron chi connectivity index (χ2n) is 7.83. The van der Waals surface area contributed by atoms with Crippen LogP contribution in [0.3, 0.4) is 0 Å². The summed E-state index contributed by atoms with van der Waals surface area (Å²) >= 11 is 18.5. The molecule has 0 radical (unpaired) electrons. The molecule has 192 valence electrons. The monoisotopic (exact) mass is 589 g/mol. The minimum absolute atomic E-state index is 0. The highest BCUT2D eigenvalue weighted by Crippen LogP contribution is 2.32. The van der Waals surface area contributed by atoms with E-state index in [1.165, 1.54) is 18.2 Å². The van der Waals surface area contributed by atoms with Crippen LogP contribution >= 0.6 is 47.2 Å². The smallest absolute Gasteiger partial charge is 0.263 e. The Hall–Kier alpha value is -2.36. The first-order chi connectivity index (χ1) is 16.7. The van der Waals surface area contributed by atoms with Crippen LogP contribution in [0.5, 0.6) is 5.75 Å². The van der Waals surface area contributed by atoms with Gasteiger partial charge in [0.25, 0.3) is 15.9 Å². The Bertz CT molecular complexity index is 1360. The van der Waals surface area contributed by atoms with Crippen molar-refractivity contribution in [2.45, 2.75) is 4.90 Å². The Labute approximate surface area is 231 Å². The molecule has 1 amide bonds. The molecule has 1 heterocycles. The van der Waals surface area contributed by atoms with E-state index in [2.05, 4.69) is 9.62 Å². The molecule has 3 aromatic carbocycles. The Morgan fingerprint density at radius 3 is 2.28 bits per heavy atom. The summed E-state index contributed by atoms with van der Waals surface area (Å²) in [5.41, 5.74) is 1.28. The van der Waals surface area contributed by atoms with Crippen molar-refractivity contribution in [3.05, 3.63) is 81.3 Å². The van der Waals surface area contributed by atoms with E-state index in [0.29, 0.717) is 31.2 Å². The zero-order chi connectivity index (χ0) is 25.2. The number of carbonyl (C=O) groups excluding carboxylic acids is 1. The van der Waals surface area contributed by atoms with Crippen LogP contribution in [0.1, 0.15) is 10.4 Å². The molecule has 0 saturated carbocycles. The molecule has 7 nitrogen and oxygen atoms in total. The highest BCUT2D eigenvalue weighted by molar-refractivity contribution is 7.92. The Morgan fingerprint density at radius 2 is 1.61 bits per heavy atom. The number of anilines is 2. The van der Waals surface area contributed by atoms with Crippen molar-refractivity contribution < 1.29 is 17.9 Å². The van der Waals surface area contributed by atoms with Crippen molar-refractivity contribution in [1.82, 2.24) is 4.90 Å². The van der Waals surface area contributed by atoms with Gasteiger partial charge in [0.2, 0.25) is 0 Å². The maximum atomic E-state index is 13.3. The molecular weight excluding hydrogens is 568 g/mol. The van der Waals surface area contributed by atoms with Crippen LogP contribution in [0.2, 0.25) is 15.1 Å². The van der Waals surface area contributed by atoms with Gasteiger partial charge in [-0.2, -0.15) is 0 Å². The molecule has 0 unspecified atom stereocenters. The largest absolute Gasteiger partial charge is 0.495 e. The van der Waals surface area contributed by atoms with E-state index >= 15 is 0 Å². The highest BCUT2D eigenvalue weighted by Gasteiger charge is 2.28. The lowest BCUT2D eigenvalue weighted by Gasteiger charge is -2.36. The topological polar surface area (TPSA) is 79.0 Å². The molecule has 12 heteroatoms. The van der Waals surface area contributed by atoms with Gasteiger partial charge in [0.05, 0.1) is 34.1 Å². The second kappa shape index (κ2) is 11.8. The molecule has 0 bridgehead atoms. The van der Waals surface area contributed by atoms with Crippen molar-refractivity contribution in [3.63, 3.8) is 0 Å². The zero-order valence-corrected chi connectivity index (χ0v) is 23.0. The number of methoxy groups -OCH3 is 1. The van der Waals surface area contributed by atoms with E-state index in [0.717, 1.165) is 11.4 Å². The first-order valence-corrected chi connectivity index (χ1v) is 13.3. The van der Waals surface area contributed by atoms with Crippen LogP contribution in [0.25, 0.3) is 0 Å². The fraction of sp³-hybridized carbons (Fsp3) is 0.208. The SMILES string of the molecule is COc1ccccc1N1CCN(C(=O)c2cc(S(=O)(=O)Nc3cccc(Cl)c3)c(Cl)cc2Cl)CC1.Cl. The van der Waals surface area contributed by atoms with Crippen LogP contribution in [-0.4, -0.2) is 52.5 Å². The second-order valence-corrected chi connectivity index (χ2v) is 10.7. The molecule has 1 aliphatic heterocycles. The fourth-order valence-corrected chi connectivity index (χ4v) is 5.97. The molecule has 1 saturated heterocycles. The summed E-state index contributed by atoms with van der Waals surface area (Å²) in [5, 5.41) is 0.353. The molecule has 4 rings (SSSR count). The molecule has 1 N–H and O–H groups in total. The van der Waals surface area contributed by atoms with Crippen molar-refractivity contribution in [3.8, 4) is 5.75 Å². The quantitative estimate of drug-likeness (QED) is 0.390. The minimum atomic E-state index is -4.11. The van der Waals surface area contributed by atoms with Gasteiger partial charge in [0.1, 0.15) is 10.6 Å². The van der Waals surface area contributed by atoms with Crippen molar-refractivity contribution in [2.24, 2.45) is 0 Å². The molecule has 3 aromatic rings. The van der Waals surface area contributed by atoms with Gasteiger partial charge in [0.15, 0.2) is 0 Å². The molecule has 36 heavy (non-hydrogen) atoms. The van der Waals surface area contributed by atoms with Crippen LogP contribution < -0.4 is 14.4 Å². The summed E-state index contributed by atoms with van der Waals surface area (Å²) in [6, 6.07) is 16.4. The number of benzene rings is 3. The number of hydrogen-bond donors (Lipinski definition) is 1. The van der Waals surface area contributed by atoms with Gasteiger partial charge < -0.3 is 14.5 Å². The lowest BCUT2D eigenvalue weighted by molar-refractivity contribution is 0.0746. The summed E-state index contributed by atoms with van der Waals surface area (Å²) < 4.78 is 33.9. The Balaban J connectivity index is 0.00000361. The van der Waals surface area contributed by atoms with Gasteiger partial charge in [-0.1, -0.05) is 53.0 Å². The number of nitrogens with zero attached hydrogens (tertiary/aromatic N) is 2. The third-order valence-electron chi connectivity index (χ3n) is 5.61. The predicted molar refractivity (Wildman–Crippen MR) is 147 cm³/mol. The number of carbonyl (C=O) groups is 1. The van der Waals surface area contributed by atoms with Gasteiger partial charge in [-0.3, -0.25) is 9.52 Å². The van der Waals surface area contributed by atoms with Gasteiger partial charge in [-0.05, 0) is 42.5 Å². The first-order valence-electron chi connectivity index (χ1n) is 10.6. The Morgan fingerprint density at radius 1 is 0.917 bits per heavy atom. The van der Waals surface area contributed by atoms with Crippen LogP contribution in [0.15, 0.2) is 65.6 Å². The van der Waals surface area contributed by atoms with E-state index in [1.807, 2.05) is 24.3 Å². The standard InChI is InChI=1S/C24H22Cl3N3O4S.ClH/c1-34-22-8-3-2-7-21(22)29-9-11-30(12-10-29)24(31)18-14-23(20(27)15-19(18)26)35(32,33)28-17-6-4-5-16(25)13-17;/h2-8,13-15,28H,9-12H2,1H3;1H. The van der Waals surface area contributed by atoms with E-state index in [1.54, 1.807) is 30.2 Å². The number of para-hydroxylation sites is 2. The van der Waals surface area contributed by atoms with E-state index in [9.17, 15) is 13.2 Å². The van der Waals surface area contributed by atoms with Crippen LogP contribution in [0.4, 0.5) is 11.4 Å². The molecule has 1 aliphatic rings. The number of halogens is 4. The lowest BCUT2D eigenvalue weighted by Crippen LogP contribution is -2.49. The molecule has 0 spiro atoms. The summed E-state index contributed by atoms with van der Waals surface area (Å²) in [5.74, 6) is 0.389. The van der Waals surface area contributed by atoms with Gasteiger partial charge in [-0.25, -0.2) is 8.42 Å². The number of ether oxygens (including phenoxy) is 1. The van der Waals surface area contributed by atoms with Gasteiger partial charge in [-0.15, -0.1) is 12.4 Å². The summed E-state index contributed by atoms with van der Waals surface area (Å²) in [6.45, 7) is 2.02. The van der Waals surface area contributed by atoms with Gasteiger partial charge >= 0.3 is 0 Å². The van der Waals surface area contributed by atoms with Crippen LogP contribution in [-0.2, 0) is 10.0 Å². The summed E-state index contributed by atoms with van der Waals surface area (Å²) in [6.07, 6.45) is 0. The first kappa shape index (κ1) is 28.2. The zero-order valence-electron chi connectivity index (χ0n) is 19.1. The van der Waals surface area contributed by atoms with Crippen molar-refractivity contribution in [2.75, 3.05) is 42.9 Å². The highest BCUT2D eigenvalue weighted by atomic mass is 35.5. The van der Waals surface area contributed by atoms with Crippen molar-refractivity contribution in [1.29, 1.82) is 0 Å². The normalized spacial score (nSPS) is 13.7. The molecule has 0 aromatic heterocycles. The van der Waals surface area contributed by atoms with Crippen molar-refractivity contribution >= 4 is 74.5 Å². The maximum absolute atomic E-state index is 13.3. The van der Waals surface area contributed by atoms with E-state index in [-0.39, 0.29) is 44.5 Å². The molecule has 0 aliphatic carbocycles. The molecule has 0 atom stereocenters. The third-order valence-corrected chi connectivity index (χ3v) is 8.00.